The fourth-order valence-corrected chi connectivity index (χ4v) is 5.65. The van der Waals surface area contributed by atoms with E-state index < -0.39 is 12.4 Å². The molecule has 0 saturated carbocycles. The quantitative estimate of drug-likeness (QED) is 0.219. The summed E-state index contributed by atoms with van der Waals surface area (Å²) in [6.45, 7) is 9.72. The summed E-state index contributed by atoms with van der Waals surface area (Å²) in [5, 5.41) is 7.60. The molecule has 0 aliphatic carbocycles. The number of alkyl halides is 3. The number of amides is 3. The molecule has 4 aromatic rings. The van der Waals surface area contributed by atoms with Crippen LogP contribution in [0.1, 0.15) is 50.3 Å². The maximum Gasteiger partial charge on any atom is 0.573 e. The maximum absolute atomic E-state index is 13.0. The molecule has 0 atom stereocenters. The van der Waals surface area contributed by atoms with Gasteiger partial charge in [0, 0.05) is 11.3 Å². The van der Waals surface area contributed by atoms with Crippen LogP contribution in [0.15, 0.2) is 83.7 Å². The van der Waals surface area contributed by atoms with Gasteiger partial charge in [-0.3, -0.25) is 9.69 Å². The molecule has 1 aromatic heterocycles. The number of nitrogens with zero attached hydrogens (tertiary/aromatic N) is 5. The Labute approximate surface area is 268 Å². The zero-order valence-corrected chi connectivity index (χ0v) is 26.5. The first-order chi connectivity index (χ1) is 21.8. The Bertz CT molecular complexity index is 1830. The number of aryl methyl sites for hydroxylation is 1. The van der Waals surface area contributed by atoms with Gasteiger partial charge in [0.05, 0.1) is 17.1 Å². The molecule has 0 bridgehead atoms. The minimum absolute atomic E-state index is 0.125. The number of hydrogen-bond acceptors (Lipinski definition) is 6. The second kappa shape index (κ2) is 13.2. The van der Waals surface area contributed by atoms with Gasteiger partial charge in [0.2, 0.25) is 5.91 Å². The molecule has 13 heteroatoms. The van der Waals surface area contributed by atoms with Crippen LogP contribution in [0, 0.1) is 6.92 Å². The molecule has 9 nitrogen and oxygen atoms in total. The van der Waals surface area contributed by atoms with Crippen molar-refractivity contribution in [2.45, 2.75) is 46.9 Å². The lowest BCUT2D eigenvalue weighted by Crippen LogP contribution is -2.32. The molecule has 0 spiro atoms. The van der Waals surface area contributed by atoms with Crippen molar-refractivity contribution in [2.75, 3.05) is 10.7 Å². The number of urea groups is 1. The number of nitrogens with one attached hydrogen (secondary N) is 1. The molecule has 238 valence electrons. The van der Waals surface area contributed by atoms with Gasteiger partial charge in [0.15, 0.2) is 11.0 Å². The van der Waals surface area contributed by atoms with Crippen LogP contribution >= 0.6 is 11.8 Å². The summed E-state index contributed by atoms with van der Waals surface area (Å²) in [5.74, 6) is 0.352. The summed E-state index contributed by atoms with van der Waals surface area (Å²) >= 11 is 1.23. The molecule has 1 fully saturated rings. The number of halogens is 3. The van der Waals surface area contributed by atoms with Crippen molar-refractivity contribution in [1.82, 2.24) is 20.1 Å². The lowest BCUT2D eigenvalue weighted by molar-refractivity contribution is -0.274. The van der Waals surface area contributed by atoms with Crippen molar-refractivity contribution in [2.24, 2.45) is 4.99 Å². The SMILES string of the molecule is C/C(NC(=O)N=C1SCC(=O)N1c1cc(C)ccc1C(C)C)=C(/C)c1ccc(-c2ncn(-c3ccc(OC(F)(F)F)cc3)n2)cc1. The van der Waals surface area contributed by atoms with Crippen LogP contribution in [0.5, 0.6) is 5.75 Å². The number of hydrogen-bond donors (Lipinski definition) is 1. The van der Waals surface area contributed by atoms with Crippen LogP contribution < -0.4 is 15.0 Å². The Hall–Kier alpha value is -4.91. The van der Waals surface area contributed by atoms with Gasteiger partial charge in [-0.1, -0.05) is 62.0 Å². The largest absolute Gasteiger partial charge is 0.573 e. The molecule has 5 rings (SSSR count). The average molecular weight is 649 g/mol. The Morgan fingerprint density at radius 3 is 2.39 bits per heavy atom. The lowest BCUT2D eigenvalue weighted by Gasteiger charge is -2.22. The minimum atomic E-state index is -4.77. The average Bonchev–Trinajstić information content (AvgIpc) is 3.63. The fourth-order valence-electron chi connectivity index (χ4n) is 4.79. The summed E-state index contributed by atoms with van der Waals surface area (Å²) in [7, 11) is 0. The molecule has 3 aromatic carbocycles. The molecule has 1 aliphatic heterocycles. The fraction of sp³-hybridized carbons (Fsp3) is 0.242. The highest BCUT2D eigenvalue weighted by Crippen LogP contribution is 2.34. The van der Waals surface area contributed by atoms with Crippen LogP contribution in [0.4, 0.5) is 23.7 Å². The summed E-state index contributed by atoms with van der Waals surface area (Å²) < 4.78 is 42.7. The van der Waals surface area contributed by atoms with Crippen LogP contribution in [0.25, 0.3) is 22.6 Å². The summed E-state index contributed by atoms with van der Waals surface area (Å²) in [4.78, 5) is 36.0. The monoisotopic (exact) mass is 648 g/mol. The third kappa shape index (κ3) is 7.48. The van der Waals surface area contributed by atoms with Crippen LogP contribution in [-0.2, 0) is 4.79 Å². The normalized spacial score (nSPS) is 15.0. The van der Waals surface area contributed by atoms with Crippen LogP contribution in [0.3, 0.4) is 0 Å². The van der Waals surface area contributed by atoms with Crippen molar-refractivity contribution in [3.63, 3.8) is 0 Å². The lowest BCUT2D eigenvalue weighted by atomic mass is 9.99. The third-order valence-electron chi connectivity index (χ3n) is 7.27. The first-order valence-electron chi connectivity index (χ1n) is 14.3. The second-order valence-corrected chi connectivity index (χ2v) is 11.9. The summed E-state index contributed by atoms with van der Waals surface area (Å²) in [6, 6.07) is 18.1. The van der Waals surface area contributed by atoms with Crippen molar-refractivity contribution in [3.8, 4) is 22.8 Å². The van der Waals surface area contributed by atoms with Gasteiger partial charge in [-0.15, -0.1) is 18.3 Å². The van der Waals surface area contributed by atoms with Crippen LogP contribution in [0.2, 0.25) is 0 Å². The Morgan fingerprint density at radius 1 is 1.04 bits per heavy atom. The van der Waals surface area contributed by atoms with Crippen molar-refractivity contribution in [3.05, 3.63) is 95.4 Å². The van der Waals surface area contributed by atoms with Gasteiger partial charge in [-0.05, 0) is 79.3 Å². The van der Waals surface area contributed by atoms with Gasteiger partial charge in [-0.2, -0.15) is 4.99 Å². The number of allylic oxidation sites excluding steroid dienone is 2. The molecule has 1 saturated heterocycles. The number of amidine groups is 1. The first-order valence-corrected chi connectivity index (χ1v) is 15.3. The predicted octanol–water partition coefficient (Wildman–Crippen LogP) is 7.86. The highest BCUT2D eigenvalue weighted by Gasteiger charge is 2.33. The highest BCUT2D eigenvalue weighted by molar-refractivity contribution is 8.15. The van der Waals surface area contributed by atoms with E-state index in [-0.39, 0.29) is 23.3 Å². The number of rotatable bonds is 7. The van der Waals surface area contributed by atoms with Gasteiger partial charge in [0.25, 0.3) is 0 Å². The zero-order chi connectivity index (χ0) is 33.2. The molecular formula is C33H31F3N6O3S. The van der Waals surface area contributed by atoms with E-state index in [0.29, 0.717) is 22.4 Å². The van der Waals surface area contributed by atoms with Gasteiger partial charge < -0.3 is 10.1 Å². The van der Waals surface area contributed by atoms with Gasteiger partial charge >= 0.3 is 12.4 Å². The number of ether oxygens (including phenoxy) is 1. The van der Waals surface area contributed by atoms with E-state index in [1.165, 1.54) is 51.9 Å². The topological polar surface area (TPSA) is 102 Å². The summed E-state index contributed by atoms with van der Waals surface area (Å²) in [5.41, 5.74) is 6.25. The molecule has 2 heterocycles. The molecule has 1 aliphatic rings. The molecular weight excluding hydrogens is 617 g/mol. The van der Waals surface area contributed by atoms with E-state index in [1.54, 1.807) is 6.92 Å². The van der Waals surface area contributed by atoms with E-state index in [2.05, 4.69) is 39.0 Å². The van der Waals surface area contributed by atoms with Crippen LogP contribution in [-0.4, -0.2) is 44.0 Å². The smallest absolute Gasteiger partial charge is 0.406 e. The number of carbonyl (C=O) groups is 2. The highest BCUT2D eigenvalue weighted by atomic mass is 32.2. The number of carbonyl (C=O) groups excluding carboxylic acids is 2. The Kier molecular flexibility index (Phi) is 9.33. The van der Waals surface area contributed by atoms with E-state index in [0.717, 1.165) is 33.5 Å². The molecule has 1 N–H and O–H groups in total. The number of benzene rings is 3. The standard InChI is InChI=1S/C33H31F3N6O3S/c1-19(2)27-15-6-20(3)16-28(27)42-29(43)17-46-32(42)39-31(44)38-22(5)21(4)23-7-9-24(10-8-23)30-37-18-41(40-30)25-11-13-26(14-12-25)45-33(34,35)36/h6-16,18-19H,17H2,1-5H3,(H,38,44)/b22-21+,39-32?. The van der Waals surface area contributed by atoms with Gasteiger partial charge in [0.1, 0.15) is 12.1 Å². The third-order valence-corrected chi connectivity index (χ3v) is 8.19. The van der Waals surface area contributed by atoms with Crippen molar-refractivity contribution >= 4 is 40.1 Å². The number of thioether (sulfide) groups is 1. The zero-order valence-electron chi connectivity index (χ0n) is 25.7. The first kappa shape index (κ1) is 32.5. The Morgan fingerprint density at radius 2 is 1.74 bits per heavy atom. The van der Waals surface area contributed by atoms with E-state index in [9.17, 15) is 22.8 Å². The summed E-state index contributed by atoms with van der Waals surface area (Å²) in [6.07, 6.45) is -3.30. The molecule has 46 heavy (non-hydrogen) atoms. The van der Waals surface area contributed by atoms with Crippen molar-refractivity contribution in [1.29, 1.82) is 0 Å². The van der Waals surface area contributed by atoms with Crippen molar-refractivity contribution < 1.29 is 27.5 Å². The molecule has 0 unspecified atom stereocenters. The molecule has 3 amide bonds. The van der Waals surface area contributed by atoms with E-state index in [4.69, 9.17) is 0 Å². The maximum atomic E-state index is 13.0. The van der Waals surface area contributed by atoms with E-state index in [1.807, 2.05) is 56.3 Å². The predicted molar refractivity (Wildman–Crippen MR) is 173 cm³/mol. The number of anilines is 1. The molecule has 0 radical (unpaired) electrons. The number of aliphatic imine (C=N–C) groups is 1. The second-order valence-electron chi connectivity index (χ2n) is 10.9. The Balaban J connectivity index is 1.28. The van der Waals surface area contributed by atoms with Gasteiger partial charge in [-0.25, -0.2) is 14.5 Å². The van der Waals surface area contributed by atoms with E-state index >= 15 is 0 Å². The minimum Gasteiger partial charge on any atom is -0.406 e. The number of aromatic nitrogens is 3.